The van der Waals surface area contributed by atoms with Crippen molar-refractivity contribution < 1.29 is 61.7 Å². The van der Waals surface area contributed by atoms with Crippen molar-refractivity contribution in [2.24, 2.45) is 0 Å². The molecular weight excluding hydrogens is 367 g/mol. The summed E-state index contributed by atoms with van der Waals surface area (Å²) in [5.41, 5.74) is 0. The number of hydrogen-bond acceptors (Lipinski definition) is 10. The van der Waals surface area contributed by atoms with Gasteiger partial charge in [-0.1, -0.05) is 0 Å². The van der Waals surface area contributed by atoms with Crippen molar-refractivity contribution in [2.75, 3.05) is 6.61 Å². The molecule has 0 aliphatic rings. The summed E-state index contributed by atoms with van der Waals surface area (Å²) in [6.45, 7) is 1.93. The maximum absolute atomic E-state index is 8.25. The van der Waals surface area contributed by atoms with E-state index in [-0.39, 0.29) is 47.9 Å². The van der Waals surface area contributed by atoms with E-state index in [0.717, 1.165) is 0 Å². The van der Waals surface area contributed by atoms with Crippen molar-refractivity contribution in [3.63, 3.8) is 0 Å². The molecule has 0 heterocycles. The van der Waals surface area contributed by atoms with Gasteiger partial charge in [-0.05, 0) is 6.92 Å². The third kappa shape index (κ3) is 1590. The molecule has 0 radical (unpaired) electrons. The fourth-order valence-corrected chi connectivity index (χ4v) is 0. The average molecular weight is 373 g/mol. The van der Waals surface area contributed by atoms with Gasteiger partial charge < -0.3 is 51.1 Å². The molecule has 13 nitrogen and oxygen atoms in total. The predicted octanol–water partition coefficient (Wildman–Crippen LogP) is -0.719. The molecule has 16 heavy (non-hydrogen) atoms. The Balaban J connectivity index is -0.0000000331. The molecule has 0 aliphatic carbocycles. The van der Waals surface area contributed by atoms with Crippen LogP contribution in [0.5, 0.6) is 0 Å². The number of hydrogen-bond donors (Lipinski definition) is 1. The SMILES string of the molecule is CCO.O=[N+]([O-])[O-].O=[N+]([O-])[O-].O=[N+]([O-])[O-].[Pr+3]. The third-order valence-electron chi connectivity index (χ3n) is 0. The Morgan fingerprint density at radius 3 is 0.812 bits per heavy atom. The van der Waals surface area contributed by atoms with Crippen molar-refractivity contribution in [1.82, 2.24) is 0 Å². The summed E-state index contributed by atoms with van der Waals surface area (Å²) >= 11 is 0. The van der Waals surface area contributed by atoms with Crippen LogP contribution in [0.1, 0.15) is 6.92 Å². The molecule has 0 spiro atoms. The number of nitrogens with zero attached hydrogens (tertiary/aromatic N) is 3. The quantitative estimate of drug-likeness (QED) is 0.414. The van der Waals surface area contributed by atoms with Crippen LogP contribution in [0.2, 0.25) is 0 Å². The van der Waals surface area contributed by atoms with Crippen molar-refractivity contribution in [3.8, 4) is 0 Å². The van der Waals surface area contributed by atoms with E-state index in [0.29, 0.717) is 0 Å². The first kappa shape index (κ1) is 29.4. The summed E-state index contributed by atoms with van der Waals surface area (Å²) < 4.78 is 0. The van der Waals surface area contributed by atoms with Gasteiger partial charge in [-0.2, -0.15) is 0 Å². The maximum atomic E-state index is 8.25. The second-order valence-electron chi connectivity index (χ2n) is 0.987. The fraction of sp³-hybridized carbons (Fsp3) is 1.00. The van der Waals surface area contributed by atoms with E-state index < -0.39 is 15.3 Å². The first-order valence-electron chi connectivity index (χ1n) is 2.67. The van der Waals surface area contributed by atoms with Gasteiger partial charge in [0.25, 0.3) is 0 Å². The van der Waals surface area contributed by atoms with Gasteiger partial charge in [-0.3, -0.25) is 0 Å². The Bertz CT molecular complexity index is 133. The van der Waals surface area contributed by atoms with Crippen LogP contribution in [0.15, 0.2) is 0 Å². The van der Waals surface area contributed by atoms with Crippen LogP contribution in [0.4, 0.5) is 0 Å². The van der Waals surface area contributed by atoms with Gasteiger partial charge in [-0.25, -0.2) is 0 Å². The largest absolute Gasteiger partial charge is 3.00 e. The Hall–Kier alpha value is -1.08. The van der Waals surface area contributed by atoms with Crippen molar-refractivity contribution >= 4 is 0 Å². The van der Waals surface area contributed by atoms with E-state index in [4.69, 9.17) is 51.1 Å². The number of aliphatic hydroxyl groups excluding tert-OH is 1. The molecule has 14 heteroatoms. The minimum absolute atomic E-state index is 0. The Morgan fingerprint density at radius 1 is 0.812 bits per heavy atom. The van der Waals surface area contributed by atoms with Crippen LogP contribution in [-0.4, -0.2) is 27.0 Å². The topological polar surface area (TPSA) is 219 Å². The number of aliphatic hydroxyl groups is 1. The monoisotopic (exact) mass is 373 g/mol. The second kappa shape index (κ2) is 29.2. The molecule has 0 saturated carbocycles. The Morgan fingerprint density at radius 2 is 0.812 bits per heavy atom. The van der Waals surface area contributed by atoms with Crippen LogP contribution < -0.4 is 0 Å². The summed E-state index contributed by atoms with van der Waals surface area (Å²) in [5, 5.41) is 51.8. The van der Waals surface area contributed by atoms with Crippen LogP contribution in [-0.2, 0) is 0 Å². The molecule has 0 aromatic carbocycles. The molecule has 0 aromatic rings. The molecule has 92 valence electrons. The average Bonchev–Trinajstić information content (AvgIpc) is 1.81. The maximum Gasteiger partial charge on any atom is 3.00 e. The molecule has 0 aliphatic heterocycles. The summed E-state index contributed by atoms with van der Waals surface area (Å²) in [6, 6.07) is 0. The minimum atomic E-state index is -1.75. The smallest absolute Gasteiger partial charge is 0.397 e. The normalized spacial score (nSPS) is 5.62. The van der Waals surface area contributed by atoms with E-state index in [2.05, 4.69) is 0 Å². The molecule has 0 atom stereocenters. The van der Waals surface area contributed by atoms with Crippen LogP contribution in [0.25, 0.3) is 0 Å². The van der Waals surface area contributed by atoms with Crippen LogP contribution >= 0.6 is 0 Å². The molecule has 0 amide bonds. The molecule has 0 fully saturated rings. The van der Waals surface area contributed by atoms with Gasteiger partial charge in [-0.15, -0.1) is 0 Å². The Kier molecular flexibility index (Phi) is 53.6. The molecule has 0 aromatic heterocycles. The molecule has 1 N–H and O–H groups in total. The first-order valence-corrected chi connectivity index (χ1v) is 2.67. The summed E-state index contributed by atoms with van der Waals surface area (Å²) in [7, 11) is 0. The minimum Gasteiger partial charge on any atom is -0.397 e. The van der Waals surface area contributed by atoms with E-state index >= 15 is 0 Å². The Labute approximate surface area is 121 Å². The molecule has 0 rings (SSSR count). The molecular formula is C2H6N3O10Pr. The van der Waals surface area contributed by atoms with Crippen molar-refractivity contribution in [3.05, 3.63) is 46.0 Å². The zero-order valence-electron chi connectivity index (χ0n) is 7.75. The van der Waals surface area contributed by atoms with E-state index in [9.17, 15) is 0 Å². The first-order chi connectivity index (χ1) is 6.61. The van der Waals surface area contributed by atoms with Gasteiger partial charge in [0.05, 0.1) is 15.3 Å². The van der Waals surface area contributed by atoms with Gasteiger partial charge in [0.15, 0.2) is 0 Å². The third-order valence-corrected chi connectivity index (χ3v) is 0. The van der Waals surface area contributed by atoms with Crippen LogP contribution in [0, 0.1) is 87.3 Å². The standard InChI is InChI=1S/C2H6O.3NO3.Pr/c1-2-3;3*2-1(3)4;/h3H,2H2,1H3;;;;/q;3*-1;+3. The second-order valence-corrected chi connectivity index (χ2v) is 0.987. The van der Waals surface area contributed by atoms with E-state index in [1.807, 2.05) is 0 Å². The predicted molar refractivity (Wildman–Crippen MR) is 43.8 cm³/mol. The van der Waals surface area contributed by atoms with Crippen molar-refractivity contribution in [2.45, 2.75) is 6.92 Å². The van der Waals surface area contributed by atoms with Gasteiger partial charge in [0.1, 0.15) is 0 Å². The van der Waals surface area contributed by atoms with Gasteiger partial charge in [0.2, 0.25) is 0 Å². The molecule has 0 bridgehead atoms. The summed E-state index contributed by atoms with van der Waals surface area (Å²) in [5.74, 6) is 0. The van der Waals surface area contributed by atoms with E-state index in [1.165, 1.54) is 0 Å². The van der Waals surface area contributed by atoms with Crippen LogP contribution in [0.3, 0.4) is 0 Å². The van der Waals surface area contributed by atoms with Gasteiger partial charge in [0, 0.05) is 6.61 Å². The zero-order chi connectivity index (χ0) is 13.4. The number of rotatable bonds is 0. The molecule has 0 saturated heterocycles. The van der Waals surface area contributed by atoms with Gasteiger partial charge >= 0.3 is 41.3 Å². The van der Waals surface area contributed by atoms with Crippen molar-refractivity contribution in [1.29, 1.82) is 0 Å². The summed E-state index contributed by atoms with van der Waals surface area (Å²) in [4.78, 5) is 24.8. The van der Waals surface area contributed by atoms with E-state index in [1.54, 1.807) is 6.92 Å². The fourth-order valence-electron chi connectivity index (χ4n) is 0. The molecule has 0 unspecified atom stereocenters. The zero-order valence-corrected chi connectivity index (χ0v) is 11.5. The summed E-state index contributed by atoms with van der Waals surface area (Å²) in [6.07, 6.45) is 0.